The molecule has 0 aliphatic carbocycles. The number of nitrogens with zero attached hydrogens (tertiary/aromatic N) is 5. The highest BCUT2D eigenvalue weighted by molar-refractivity contribution is 6.03. The first-order valence-electron chi connectivity index (χ1n) is 14.5. The lowest BCUT2D eigenvalue weighted by atomic mass is 10.1. The van der Waals surface area contributed by atoms with Crippen LogP contribution in [-0.2, 0) is 7.05 Å². The molecule has 11 nitrogen and oxygen atoms in total. The van der Waals surface area contributed by atoms with Crippen molar-refractivity contribution in [3.63, 3.8) is 0 Å². The van der Waals surface area contributed by atoms with Crippen LogP contribution in [0.15, 0.2) is 93.9 Å². The van der Waals surface area contributed by atoms with Crippen molar-refractivity contribution in [2.24, 2.45) is 7.05 Å². The maximum Gasteiger partial charge on any atom is 0.273 e. The lowest BCUT2D eigenvalue weighted by molar-refractivity contribution is -0.384. The van der Waals surface area contributed by atoms with Crippen LogP contribution < -0.4 is 5.32 Å². The van der Waals surface area contributed by atoms with E-state index in [0.717, 1.165) is 55.6 Å². The number of non-ortho nitro benzene ring substituents is 1. The van der Waals surface area contributed by atoms with Crippen LogP contribution >= 0.6 is 0 Å². The summed E-state index contributed by atoms with van der Waals surface area (Å²) in [5.74, 6) is 0.868. The number of nitro benzene ring substituents is 1. The molecule has 0 spiro atoms. The Morgan fingerprint density at radius 1 is 0.761 bits per heavy atom. The molecular weight excluding hydrogens is 584 g/mol. The van der Waals surface area contributed by atoms with Gasteiger partial charge in [-0.1, -0.05) is 24.3 Å². The van der Waals surface area contributed by atoms with Crippen LogP contribution in [-0.4, -0.2) is 30.6 Å². The minimum absolute atomic E-state index is 0.0681. The molecule has 0 saturated carbocycles. The number of para-hydroxylation sites is 2. The molecule has 0 aliphatic rings. The van der Waals surface area contributed by atoms with Gasteiger partial charge >= 0.3 is 0 Å². The van der Waals surface area contributed by atoms with Crippen LogP contribution in [0.1, 0.15) is 32.7 Å². The molecule has 0 fully saturated rings. The molecule has 0 unspecified atom stereocenters. The van der Waals surface area contributed by atoms with Gasteiger partial charge in [-0.3, -0.25) is 19.6 Å². The quantitative estimate of drug-likeness (QED) is 0.151. The Morgan fingerprint density at radius 2 is 1.33 bits per heavy atom. The van der Waals surface area contributed by atoms with Gasteiger partial charge in [-0.25, -0.2) is 9.97 Å². The minimum Gasteiger partial charge on any atom is -0.436 e. The summed E-state index contributed by atoms with van der Waals surface area (Å²) in [6, 6.07) is 23.6. The van der Waals surface area contributed by atoms with Gasteiger partial charge in [0.15, 0.2) is 11.2 Å². The number of carbonyl (C=O) groups excluding carboxylic acids is 1. The van der Waals surface area contributed by atoms with Gasteiger partial charge in [-0.15, -0.1) is 0 Å². The number of carbonyl (C=O) groups is 1. The molecule has 7 rings (SSSR count). The van der Waals surface area contributed by atoms with Crippen molar-refractivity contribution in [1.82, 2.24) is 19.7 Å². The Bertz CT molecular complexity index is 2260. The fourth-order valence-corrected chi connectivity index (χ4v) is 5.18. The number of aryl methyl sites for hydroxylation is 5. The number of aromatic nitrogens is 4. The van der Waals surface area contributed by atoms with Crippen molar-refractivity contribution in [3.05, 3.63) is 123 Å². The number of rotatable bonds is 5. The van der Waals surface area contributed by atoms with Crippen LogP contribution in [0.5, 0.6) is 0 Å². The predicted molar refractivity (Wildman–Crippen MR) is 176 cm³/mol. The number of hydrogen-bond acceptors (Lipinski definition) is 8. The molecule has 0 bridgehead atoms. The number of amides is 1. The molecule has 1 N–H and O–H groups in total. The molecule has 3 aromatic heterocycles. The maximum atomic E-state index is 12.3. The zero-order chi connectivity index (χ0) is 32.5. The van der Waals surface area contributed by atoms with Crippen molar-refractivity contribution in [1.29, 1.82) is 0 Å². The largest absolute Gasteiger partial charge is 0.436 e. The van der Waals surface area contributed by atoms with E-state index >= 15 is 0 Å². The Kier molecular flexibility index (Phi) is 7.89. The smallest absolute Gasteiger partial charge is 0.273 e. The number of hydrogen-bond donors (Lipinski definition) is 1. The van der Waals surface area contributed by atoms with E-state index < -0.39 is 4.92 Å². The second-order valence-corrected chi connectivity index (χ2v) is 11.0. The van der Waals surface area contributed by atoms with Crippen molar-refractivity contribution in [3.8, 4) is 22.9 Å². The van der Waals surface area contributed by atoms with Gasteiger partial charge in [0.05, 0.1) is 4.92 Å². The Balaban J connectivity index is 0.000000167. The third-order valence-electron chi connectivity index (χ3n) is 7.66. The average Bonchev–Trinajstić information content (AvgIpc) is 3.77. The number of oxazole rings is 2. The summed E-state index contributed by atoms with van der Waals surface area (Å²) >= 11 is 0. The highest BCUT2D eigenvalue weighted by atomic mass is 16.6. The molecule has 1 amide bonds. The highest BCUT2D eigenvalue weighted by Gasteiger charge is 2.16. The second kappa shape index (κ2) is 12.1. The predicted octanol–water partition coefficient (Wildman–Crippen LogP) is 8.12. The fourth-order valence-electron chi connectivity index (χ4n) is 5.18. The van der Waals surface area contributed by atoms with E-state index in [-0.39, 0.29) is 11.6 Å². The molecule has 4 aromatic carbocycles. The first-order chi connectivity index (χ1) is 22.1. The summed E-state index contributed by atoms with van der Waals surface area (Å²) < 4.78 is 13.2. The molecule has 11 heteroatoms. The van der Waals surface area contributed by atoms with E-state index in [1.807, 2.05) is 82.3 Å². The van der Waals surface area contributed by atoms with Gasteiger partial charge in [-0.05, 0) is 92.4 Å². The van der Waals surface area contributed by atoms with E-state index in [9.17, 15) is 14.9 Å². The third-order valence-corrected chi connectivity index (χ3v) is 7.66. The van der Waals surface area contributed by atoms with Crippen molar-refractivity contribution in [2.45, 2.75) is 27.7 Å². The summed E-state index contributed by atoms with van der Waals surface area (Å²) in [4.78, 5) is 31.8. The Morgan fingerprint density at radius 3 is 1.80 bits per heavy atom. The molecule has 0 radical (unpaired) electrons. The van der Waals surface area contributed by atoms with Gasteiger partial charge in [0.25, 0.3) is 11.6 Å². The van der Waals surface area contributed by atoms with Crippen molar-refractivity contribution < 1.29 is 18.6 Å². The maximum absolute atomic E-state index is 12.3. The van der Waals surface area contributed by atoms with E-state index in [0.29, 0.717) is 23.2 Å². The molecule has 0 saturated heterocycles. The summed E-state index contributed by atoms with van der Waals surface area (Å²) in [7, 11) is 1.73. The summed E-state index contributed by atoms with van der Waals surface area (Å²) in [5, 5.41) is 17.7. The van der Waals surface area contributed by atoms with Gasteiger partial charge in [0, 0.05) is 42.2 Å². The first-order valence-corrected chi connectivity index (χ1v) is 14.5. The molecule has 3 heterocycles. The van der Waals surface area contributed by atoms with Gasteiger partial charge in [0.1, 0.15) is 16.7 Å². The summed E-state index contributed by atoms with van der Waals surface area (Å²) in [5.41, 5.74) is 9.99. The molecule has 7 aromatic rings. The van der Waals surface area contributed by atoms with Crippen LogP contribution in [0, 0.1) is 37.8 Å². The van der Waals surface area contributed by atoms with Gasteiger partial charge in [-0.2, -0.15) is 5.10 Å². The standard InChI is InChI=1S/C20H18N4O2.C15H12N2O3/c1-12-5-4-6-17-18(12)23-20(26-17)15-8-7-14(11-13(15)2)22-19(25)16-9-10-21-24(16)3;1-9-4-3-5-13-14(9)16-15(20-13)12-7-6-11(17(18)19)8-10(12)2/h4-11H,1-3H3,(H,22,25);3-8H,1-2H3. The lowest BCUT2D eigenvalue weighted by Crippen LogP contribution is -2.16. The number of benzene rings is 4. The van der Waals surface area contributed by atoms with Crippen molar-refractivity contribution in [2.75, 3.05) is 5.32 Å². The Hall–Kier alpha value is -6.10. The zero-order valence-electron chi connectivity index (χ0n) is 25.9. The normalized spacial score (nSPS) is 11.0. The number of anilines is 1. The Labute approximate surface area is 263 Å². The third kappa shape index (κ3) is 5.85. The number of nitrogens with one attached hydrogen (secondary N) is 1. The van der Waals surface area contributed by atoms with Crippen LogP contribution in [0.4, 0.5) is 11.4 Å². The molecule has 0 aliphatic heterocycles. The van der Waals surface area contributed by atoms with Gasteiger partial charge in [0.2, 0.25) is 11.8 Å². The zero-order valence-corrected chi connectivity index (χ0v) is 25.9. The molecule has 0 atom stereocenters. The molecule has 46 heavy (non-hydrogen) atoms. The van der Waals surface area contributed by atoms with E-state index in [1.54, 1.807) is 25.4 Å². The monoisotopic (exact) mass is 614 g/mol. The van der Waals surface area contributed by atoms with Crippen molar-refractivity contribution >= 4 is 39.5 Å². The fraction of sp³-hybridized carbons (Fsp3) is 0.143. The first kappa shape index (κ1) is 29.9. The number of nitro groups is 1. The summed E-state index contributed by atoms with van der Waals surface area (Å²) in [6.07, 6.45) is 1.60. The average molecular weight is 615 g/mol. The topological polar surface area (TPSA) is 142 Å². The SMILES string of the molecule is Cc1cc(NC(=O)c2ccnn2C)ccc1-c1nc2c(C)cccc2o1.Cc1cc([N+](=O)[O-])ccc1-c1nc2c(C)cccc2o1. The minimum atomic E-state index is -0.410. The second-order valence-electron chi connectivity index (χ2n) is 11.0. The molecular formula is C35H30N6O5. The van der Waals surface area contributed by atoms with Gasteiger partial charge < -0.3 is 14.2 Å². The number of fused-ring (bicyclic) bond motifs is 2. The van der Waals surface area contributed by atoms with Crippen LogP contribution in [0.3, 0.4) is 0 Å². The summed E-state index contributed by atoms with van der Waals surface area (Å²) in [6.45, 7) is 7.76. The lowest BCUT2D eigenvalue weighted by Gasteiger charge is -2.08. The van der Waals surface area contributed by atoms with E-state index in [1.165, 1.54) is 16.8 Å². The van der Waals surface area contributed by atoms with E-state index in [4.69, 9.17) is 8.83 Å². The van der Waals surface area contributed by atoms with Crippen LogP contribution in [0.25, 0.3) is 45.1 Å². The highest BCUT2D eigenvalue weighted by Crippen LogP contribution is 2.31. The molecule has 230 valence electrons. The van der Waals surface area contributed by atoms with E-state index in [2.05, 4.69) is 20.4 Å². The van der Waals surface area contributed by atoms with Crippen LogP contribution in [0.2, 0.25) is 0 Å².